The van der Waals surface area contributed by atoms with Crippen molar-refractivity contribution in [3.63, 3.8) is 0 Å². The molecule has 1 N–H and O–H groups in total. The van der Waals surface area contributed by atoms with Gasteiger partial charge < -0.3 is 9.47 Å². The Morgan fingerprint density at radius 3 is 2.77 bits per heavy atom. The number of nitrogens with one attached hydrogen (secondary N) is 1. The highest BCUT2D eigenvalue weighted by Gasteiger charge is 2.17. The van der Waals surface area contributed by atoms with E-state index in [1.807, 2.05) is 31.2 Å². The number of carbonyl (C=O) groups is 1. The van der Waals surface area contributed by atoms with Gasteiger partial charge in [0.15, 0.2) is 5.65 Å². The van der Waals surface area contributed by atoms with Gasteiger partial charge in [0, 0.05) is 29.4 Å². The molecule has 0 atom stereocenters. The van der Waals surface area contributed by atoms with E-state index in [4.69, 9.17) is 4.74 Å². The van der Waals surface area contributed by atoms with Crippen LogP contribution in [-0.4, -0.2) is 34.8 Å². The van der Waals surface area contributed by atoms with Crippen molar-refractivity contribution in [1.29, 1.82) is 0 Å². The average Bonchev–Trinajstić information content (AvgIpc) is 2.98. The zero-order valence-corrected chi connectivity index (χ0v) is 15.0. The fraction of sp³-hybridized carbons (Fsp3) is 0.316. The molecule has 7 heteroatoms. The fourth-order valence-electron chi connectivity index (χ4n) is 3.01. The first-order valence-corrected chi connectivity index (χ1v) is 8.36. The molecule has 0 saturated heterocycles. The Labute approximate surface area is 150 Å². The Morgan fingerprint density at radius 2 is 2.04 bits per heavy atom. The molecule has 0 aliphatic heterocycles. The lowest BCUT2D eigenvalue weighted by Gasteiger charge is -2.08. The largest absolute Gasteiger partial charge is 0.496 e. The number of esters is 1. The third kappa shape index (κ3) is 3.33. The van der Waals surface area contributed by atoms with E-state index in [1.54, 1.807) is 7.11 Å². The zero-order valence-electron chi connectivity index (χ0n) is 15.0. The number of nitrogens with zero attached hydrogens (tertiary/aromatic N) is 2. The maximum Gasteiger partial charge on any atom is 0.305 e. The van der Waals surface area contributed by atoms with Crippen LogP contribution in [0.25, 0.3) is 16.8 Å². The van der Waals surface area contributed by atoms with E-state index in [1.165, 1.54) is 17.7 Å². The summed E-state index contributed by atoms with van der Waals surface area (Å²) in [7, 11) is 2.97. The monoisotopic (exact) mass is 355 g/mol. The Bertz CT molecular complexity index is 1000. The number of hydrogen-bond acceptors (Lipinski definition) is 5. The van der Waals surface area contributed by atoms with Crippen LogP contribution < -0.4 is 10.3 Å². The van der Waals surface area contributed by atoms with Gasteiger partial charge in [0.2, 0.25) is 0 Å². The Morgan fingerprint density at radius 1 is 1.27 bits per heavy atom. The summed E-state index contributed by atoms with van der Waals surface area (Å²) >= 11 is 0. The molecule has 0 bridgehead atoms. The molecule has 0 unspecified atom stereocenters. The number of aryl methyl sites for hydroxylation is 2. The molecule has 1 aromatic carbocycles. The highest BCUT2D eigenvalue weighted by atomic mass is 16.5. The van der Waals surface area contributed by atoms with Crippen LogP contribution >= 0.6 is 0 Å². The van der Waals surface area contributed by atoms with Crippen LogP contribution in [0, 0.1) is 6.92 Å². The van der Waals surface area contributed by atoms with E-state index in [-0.39, 0.29) is 11.5 Å². The van der Waals surface area contributed by atoms with Gasteiger partial charge in [-0.3, -0.25) is 14.7 Å². The first kappa shape index (κ1) is 17.7. The second-order valence-electron chi connectivity index (χ2n) is 5.99. The quantitative estimate of drug-likeness (QED) is 0.687. The van der Waals surface area contributed by atoms with Crippen LogP contribution in [0.2, 0.25) is 0 Å². The number of para-hydroxylation sites is 1. The first-order chi connectivity index (χ1) is 12.5. The van der Waals surface area contributed by atoms with Crippen LogP contribution in [-0.2, 0) is 16.0 Å². The highest BCUT2D eigenvalue weighted by molar-refractivity contribution is 5.83. The van der Waals surface area contributed by atoms with E-state index in [9.17, 15) is 9.59 Å². The van der Waals surface area contributed by atoms with Crippen LogP contribution in [0.3, 0.4) is 0 Å². The minimum atomic E-state index is -0.269. The topological polar surface area (TPSA) is 85.7 Å². The zero-order chi connectivity index (χ0) is 18.7. The molecule has 0 amide bonds. The summed E-state index contributed by atoms with van der Waals surface area (Å²) in [6.45, 7) is 1.90. The highest BCUT2D eigenvalue weighted by Crippen LogP contribution is 2.33. The van der Waals surface area contributed by atoms with E-state index in [2.05, 4.69) is 14.8 Å². The number of rotatable bonds is 6. The SMILES string of the molecule is COC(=O)CCCc1cc(=O)n2[nH]c(C)c(-c3ccccc3OC)c2n1. The van der Waals surface area contributed by atoms with Crippen molar-refractivity contribution in [1.82, 2.24) is 14.6 Å². The maximum absolute atomic E-state index is 12.5. The molecule has 0 spiro atoms. The van der Waals surface area contributed by atoms with Gasteiger partial charge in [0.05, 0.1) is 19.8 Å². The second kappa shape index (κ2) is 7.43. The summed E-state index contributed by atoms with van der Waals surface area (Å²) in [5, 5.41) is 3.07. The van der Waals surface area contributed by atoms with Gasteiger partial charge in [0.25, 0.3) is 5.56 Å². The van der Waals surface area contributed by atoms with E-state index in [0.29, 0.717) is 36.4 Å². The van der Waals surface area contributed by atoms with E-state index < -0.39 is 0 Å². The van der Waals surface area contributed by atoms with Gasteiger partial charge in [-0.2, -0.15) is 0 Å². The summed E-state index contributed by atoms with van der Waals surface area (Å²) in [5.74, 6) is 0.442. The summed E-state index contributed by atoms with van der Waals surface area (Å²) in [5.41, 5.74) is 3.53. The standard InChI is InChI=1S/C19H21N3O4/c1-12-18(14-8-4-5-9-15(14)25-2)19-20-13(7-6-10-17(24)26-3)11-16(23)22(19)21-12/h4-5,8-9,11,21H,6-7,10H2,1-3H3. The fourth-order valence-corrected chi connectivity index (χ4v) is 3.01. The normalized spacial score (nSPS) is 10.9. The lowest BCUT2D eigenvalue weighted by molar-refractivity contribution is -0.140. The van der Waals surface area contributed by atoms with Crippen LogP contribution in [0.4, 0.5) is 0 Å². The van der Waals surface area contributed by atoms with E-state index >= 15 is 0 Å². The van der Waals surface area contributed by atoms with Crippen molar-refractivity contribution >= 4 is 11.6 Å². The number of methoxy groups -OCH3 is 2. The third-order valence-corrected chi connectivity index (χ3v) is 4.27. The van der Waals surface area contributed by atoms with Crippen molar-refractivity contribution < 1.29 is 14.3 Å². The van der Waals surface area contributed by atoms with Gasteiger partial charge in [-0.1, -0.05) is 18.2 Å². The number of aromatic nitrogens is 3. The van der Waals surface area contributed by atoms with Crippen LogP contribution in [0.5, 0.6) is 5.75 Å². The minimum Gasteiger partial charge on any atom is -0.496 e. The Hall–Kier alpha value is -3.09. The number of fused-ring (bicyclic) bond motifs is 1. The second-order valence-corrected chi connectivity index (χ2v) is 5.99. The van der Waals surface area contributed by atoms with Gasteiger partial charge in [-0.15, -0.1) is 0 Å². The molecular formula is C19H21N3O4. The molecule has 3 aromatic rings. The minimum absolute atomic E-state index is 0.188. The molecule has 0 radical (unpaired) electrons. The number of aromatic amines is 1. The summed E-state index contributed by atoms with van der Waals surface area (Å²) < 4.78 is 11.5. The number of ether oxygens (including phenoxy) is 2. The predicted molar refractivity (Wildman–Crippen MR) is 97.5 cm³/mol. The van der Waals surface area contributed by atoms with Gasteiger partial charge in [-0.05, 0) is 25.8 Å². The molecule has 2 aromatic heterocycles. The van der Waals surface area contributed by atoms with Crippen LogP contribution in [0.1, 0.15) is 24.2 Å². The number of benzene rings is 1. The number of hydrogen-bond donors (Lipinski definition) is 1. The predicted octanol–water partition coefficient (Wildman–Crippen LogP) is 2.50. The Balaban J connectivity index is 2.06. The van der Waals surface area contributed by atoms with Crippen molar-refractivity contribution in [2.45, 2.75) is 26.2 Å². The van der Waals surface area contributed by atoms with E-state index in [0.717, 1.165) is 16.8 Å². The molecule has 26 heavy (non-hydrogen) atoms. The average molecular weight is 355 g/mol. The summed E-state index contributed by atoms with van der Waals surface area (Å²) in [6.07, 6.45) is 1.39. The lowest BCUT2D eigenvalue weighted by Crippen LogP contribution is -2.16. The number of carbonyl (C=O) groups excluding carboxylic acids is 1. The molecule has 0 fully saturated rings. The van der Waals surface area contributed by atoms with Crippen molar-refractivity contribution in [3.8, 4) is 16.9 Å². The molecule has 0 saturated carbocycles. The molecule has 0 aliphatic rings. The van der Waals surface area contributed by atoms with Gasteiger partial charge in [0.1, 0.15) is 5.75 Å². The number of H-pyrrole nitrogens is 1. The van der Waals surface area contributed by atoms with Crippen LogP contribution in [0.15, 0.2) is 35.1 Å². The third-order valence-electron chi connectivity index (χ3n) is 4.27. The molecule has 136 valence electrons. The smallest absolute Gasteiger partial charge is 0.305 e. The lowest BCUT2D eigenvalue weighted by atomic mass is 10.0. The maximum atomic E-state index is 12.5. The Kier molecular flexibility index (Phi) is 5.06. The molecule has 2 heterocycles. The molecule has 7 nitrogen and oxygen atoms in total. The summed E-state index contributed by atoms with van der Waals surface area (Å²) in [4.78, 5) is 28.4. The van der Waals surface area contributed by atoms with Gasteiger partial charge >= 0.3 is 5.97 Å². The summed E-state index contributed by atoms with van der Waals surface area (Å²) in [6, 6.07) is 9.11. The van der Waals surface area contributed by atoms with Crippen molar-refractivity contribution in [2.75, 3.05) is 14.2 Å². The molecular weight excluding hydrogens is 334 g/mol. The first-order valence-electron chi connectivity index (χ1n) is 8.36. The van der Waals surface area contributed by atoms with Crippen molar-refractivity contribution in [2.24, 2.45) is 0 Å². The van der Waals surface area contributed by atoms with Gasteiger partial charge in [-0.25, -0.2) is 9.50 Å². The molecule has 0 aliphatic carbocycles. The van der Waals surface area contributed by atoms with Crippen molar-refractivity contribution in [3.05, 3.63) is 52.1 Å². The molecule has 3 rings (SSSR count).